The fraction of sp³-hybridized carbons (Fsp3) is 0.429. The highest BCUT2D eigenvalue weighted by atomic mass is 32.2. The predicted octanol–water partition coefficient (Wildman–Crippen LogP) is 2.66. The van der Waals surface area contributed by atoms with Crippen molar-refractivity contribution in [2.75, 3.05) is 19.4 Å². The van der Waals surface area contributed by atoms with E-state index < -0.39 is 10.0 Å². The van der Waals surface area contributed by atoms with Crippen molar-refractivity contribution in [3.8, 4) is 5.75 Å². The van der Waals surface area contributed by atoms with Crippen LogP contribution >= 0.6 is 0 Å². The Balaban J connectivity index is 1.37. The van der Waals surface area contributed by atoms with Gasteiger partial charge >= 0.3 is 0 Å². The lowest BCUT2D eigenvalue weighted by atomic mass is 9.95. The van der Waals surface area contributed by atoms with Gasteiger partial charge < -0.3 is 15.0 Å². The fourth-order valence-electron chi connectivity index (χ4n) is 3.97. The number of fused-ring (bicyclic) bond motifs is 3. The molecule has 160 valence electrons. The molecule has 0 atom stereocenters. The number of sulfonamides is 1. The molecule has 0 saturated heterocycles. The number of imidazole rings is 1. The minimum Gasteiger partial charge on any atom is -0.497 e. The second-order valence-electron chi connectivity index (χ2n) is 7.54. The van der Waals surface area contributed by atoms with Crippen molar-refractivity contribution in [1.29, 1.82) is 0 Å². The van der Waals surface area contributed by atoms with Crippen LogP contribution in [0.1, 0.15) is 36.9 Å². The molecular weight excluding hydrogens is 402 g/mol. The minimum atomic E-state index is -3.52. The largest absolute Gasteiger partial charge is 0.497 e. The normalized spacial score (nSPS) is 14.0. The molecule has 4 rings (SSSR count). The molecule has 1 aliphatic rings. The van der Waals surface area contributed by atoms with Crippen LogP contribution in [0, 0.1) is 0 Å². The molecule has 0 unspecified atom stereocenters. The van der Waals surface area contributed by atoms with Gasteiger partial charge in [0.1, 0.15) is 11.3 Å². The van der Waals surface area contributed by atoms with E-state index in [0.29, 0.717) is 18.1 Å². The highest BCUT2D eigenvalue weighted by Gasteiger charge is 2.20. The van der Waals surface area contributed by atoms with Crippen LogP contribution in [0.2, 0.25) is 0 Å². The van der Waals surface area contributed by atoms with Gasteiger partial charge in [0.15, 0.2) is 5.82 Å². The van der Waals surface area contributed by atoms with E-state index in [1.54, 1.807) is 31.4 Å². The van der Waals surface area contributed by atoms with E-state index >= 15 is 0 Å². The molecule has 0 fully saturated rings. The predicted molar refractivity (Wildman–Crippen MR) is 116 cm³/mol. The Labute approximate surface area is 176 Å². The van der Waals surface area contributed by atoms with Crippen LogP contribution in [0.5, 0.6) is 5.75 Å². The third-order valence-electron chi connectivity index (χ3n) is 5.55. The topological polar surface area (TPSA) is 112 Å². The van der Waals surface area contributed by atoms with Crippen molar-refractivity contribution in [1.82, 2.24) is 19.3 Å². The van der Waals surface area contributed by atoms with E-state index in [1.165, 1.54) is 5.56 Å². The number of nitrogens with two attached hydrogens (primary N) is 1. The smallest absolute Gasteiger partial charge is 0.240 e. The first-order chi connectivity index (χ1) is 14.5. The fourth-order valence-corrected chi connectivity index (χ4v) is 5.05. The molecule has 3 N–H and O–H groups in total. The summed E-state index contributed by atoms with van der Waals surface area (Å²) in [6.45, 7) is 1.14. The van der Waals surface area contributed by atoms with Gasteiger partial charge in [-0.2, -0.15) is 0 Å². The summed E-state index contributed by atoms with van der Waals surface area (Å²) in [5.41, 5.74) is 10.4. The third-order valence-corrected chi connectivity index (χ3v) is 7.02. The molecule has 0 saturated carbocycles. The van der Waals surface area contributed by atoms with Crippen LogP contribution in [-0.2, 0) is 29.4 Å². The molecule has 8 nitrogen and oxygen atoms in total. The quantitative estimate of drug-likeness (QED) is 0.533. The molecule has 0 aliphatic heterocycles. The van der Waals surface area contributed by atoms with Gasteiger partial charge in [-0.1, -0.05) is 0 Å². The molecule has 1 aromatic carbocycles. The second-order valence-corrected chi connectivity index (χ2v) is 9.31. The zero-order valence-corrected chi connectivity index (χ0v) is 17.9. The van der Waals surface area contributed by atoms with Crippen molar-refractivity contribution in [3.05, 3.63) is 41.9 Å². The Morgan fingerprint density at radius 2 is 1.93 bits per heavy atom. The zero-order chi connectivity index (χ0) is 21.1. The Morgan fingerprint density at radius 1 is 1.17 bits per heavy atom. The first-order valence-electron chi connectivity index (χ1n) is 10.3. The molecular formula is C21H27N5O3S. The number of hydrogen-bond donors (Lipinski definition) is 2. The number of anilines is 1. The van der Waals surface area contributed by atoms with E-state index in [-0.39, 0.29) is 4.90 Å². The molecule has 9 heteroatoms. The average molecular weight is 430 g/mol. The summed E-state index contributed by atoms with van der Waals surface area (Å²) in [5.74, 6) is 1.12. The number of aromatic nitrogens is 3. The van der Waals surface area contributed by atoms with Crippen LogP contribution in [0.25, 0.3) is 11.0 Å². The maximum Gasteiger partial charge on any atom is 0.240 e. The van der Waals surface area contributed by atoms with Gasteiger partial charge in [0.25, 0.3) is 0 Å². The number of nitrogens with zero attached hydrogens (tertiary/aromatic N) is 3. The summed E-state index contributed by atoms with van der Waals surface area (Å²) in [4.78, 5) is 9.26. The van der Waals surface area contributed by atoms with E-state index in [0.717, 1.165) is 61.8 Å². The molecule has 0 radical (unpaired) electrons. The molecule has 0 amide bonds. The lowest BCUT2D eigenvalue weighted by molar-refractivity contribution is 0.414. The lowest BCUT2D eigenvalue weighted by Crippen LogP contribution is -2.25. The van der Waals surface area contributed by atoms with Gasteiger partial charge in [0.05, 0.1) is 23.8 Å². The number of benzene rings is 1. The van der Waals surface area contributed by atoms with Crippen molar-refractivity contribution in [2.45, 2.75) is 50.0 Å². The van der Waals surface area contributed by atoms with Crippen molar-refractivity contribution < 1.29 is 13.2 Å². The molecule has 0 spiro atoms. The monoisotopic (exact) mass is 429 g/mol. The first-order valence-corrected chi connectivity index (χ1v) is 11.7. The van der Waals surface area contributed by atoms with E-state index in [2.05, 4.69) is 19.3 Å². The number of nitrogen functional groups attached to an aromatic ring is 1. The number of unbranched alkanes of at least 4 members (excludes halogenated alkanes) is 1. The highest BCUT2D eigenvalue weighted by Crippen LogP contribution is 2.30. The van der Waals surface area contributed by atoms with Gasteiger partial charge in [-0.3, -0.25) is 0 Å². The standard InChI is InChI=1S/C21H27N5O3S/c1-29-15-8-10-16(11-9-15)30(27,28)24-12-4-5-13-26-14-23-19-20(26)17-6-2-3-7-18(17)25-21(19)22/h8-11,14,24H,2-7,12-13H2,1H3,(H2,22,25). The molecule has 2 heterocycles. The number of ether oxygens (including phenoxy) is 1. The molecule has 1 aliphatic carbocycles. The Morgan fingerprint density at radius 3 is 2.70 bits per heavy atom. The highest BCUT2D eigenvalue weighted by molar-refractivity contribution is 7.89. The van der Waals surface area contributed by atoms with Crippen molar-refractivity contribution in [2.24, 2.45) is 0 Å². The van der Waals surface area contributed by atoms with E-state index in [1.807, 2.05) is 6.33 Å². The summed E-state index contributed by atoms with van der Waals surface area (Å²) in [6, 6.07) is 6.36. The lowest BCUT2D eigenvalue weighted by Gasteiger charge is -2.17. The molecule has 3 aromatic rings. The molecule has 2 aromatic heterocycles. The Bertz CT molecular complexity index is 1140. The van der Waals surface area contributed by atoms with Crippen LogP contribution in [0.15, 0.2) is 35.5 Å². The van der Waals surface area contributed by atoms with Gasteiger partial charge in [-0.25, -0.2) is 23.1 Å². The van der Waals surface area contributed by atoms with Gasteiger partial charge in [-0.05, 0) is 68.4 Å². The molecule has 0 bridgehead atoms. The van der Waals surface area contributed by atoms with Crippen LogP contribution < -0.4 is 15.2 Å². The maximum atomic E-state index is 12.4. The number of rotatable bonds is 8. The van der Waals surface area contributed by atoms with Crippen LogP contribution in [0.4, 0.5) is 5.82 Å². The summed E-state index contributed by atoms with van der Waals surface area (Å²) < 4.78 is 34.7. The Kier molecular flexibility index (Phi) is 5.92. The summed E-state index contributed by atoms with van der Waals surface area (Å²) in [6.07, 6.45) is 7.64. The number of nitrogens with one attached hydrogen (secondary N) is 1. The number of pyridine rings is 1. The van der Waals surface area contributed by atoms with Gasteiger partial charge in [-0.15, -0.1) is 0 Å². The van der Waals surface area contributed by atoms with Crippen molar-refractivity contribution in [3.63, 3.8) is 0 Å². The zero-order valence-electron chi connectivity index (χ0n) is 17.1. The SMILES string of the molecule is COc1ccc(S(=O)(=O)NCCCCn2cnc3c(N)nc4c(c32)CCCC4)cc1. The average Bonchev–Trinajstić information content (AvgIpc) is 3.18. The van der Waals surface area contributed by atoms with E-state index in [9.17, 15) is 8.42 Å². The van der Waals surface area contributed by atoms with Gasteiger partial charge in [0.2, 0.25) is 10.0 Å². The van der Waals surface area contributed by atoms with Crippen molar-refractivity contribution >= 4 is 26.9 Å². The first kappa shape index (κ1) is 20.6. The minimum absolute atomic E-state index is 0.235. The number of aryl methyl sites for hydroxylation is 3. The van der Waals surface area contributed by atoms with E-state index in [4.69, 9.17) is 10.5 Å². The summed E-state index contributed by atoms with van der Waals surface area (Å²) in [5, 5.41) is 0. The number of methoxy groups -OCH3 is 1. The maximum absolute atomic E-state index is 12.4. The van der Waals surface area contributed by atoms with Gasteiger partial charge in [0, 0.05) is 18.8 Å². The summed E-state index contributed by atoms with van der Waals surface area (Å²) in [7, 11) is -1.97. The van der Waals surface area contributed by atoms with Crippen LogP contribution in [0.3, 0.4) is 0 Å². The second kappa shape index (κ2) is 8.61. The van der Waals surface area contributed by atoms with Crippen LogP contribution in [-0.4, -0.2) is 36.6 Å². The summed E-state index contributed by atoms with van der Waals surface area (Å²) >= 11 is 0. The Hall–Kier alpha value is -2.65. The molecule has 30 heavy (non-hydrogen) atoms. The third kappa shape index (κ3) is 4.13. The number of hydrogen-bond acceptors (Lipinski definition) is 6.